The summed E-state index contributed by atoms with van der Waals surface area (Å²) in [5.41, 5.74) is 2.94. The molecule has 1 fully saturated rings. The Bertz CT molecular complexity index is 470. The summed E-state index contributed by atoms with van der Waals surface area (Å²) in [6.45, 7) is 0. The largest absolute Gasteiger partial charge is 0.497 e. The highest BCUT2D eigenvalue weighted by Gasteiger charge is 2.30. The fourth-order valence-corrected chi connectivity index (χ4v) is 5.46. The van der Waals surface area contributed by atoms with Gasteiger partial charge in [-0.2, -0.15) is 11.8 Å². The fourth-order valence-electron chi connectivity index (χ4n) is 3.85. The van der Waals surface area contributed by atoms with E-state index in [0.29, 0.717) is 6.04 Å². The minimum Gasteiger partial charge on any atom is -0.497 e. The van der Waals surface area contributed by atoms with E-state index >= 15 is 0 Å². The van der Waals surface area contributed by atoms with Crippen LogP contribution in [0.1, 0.15) is 49.3 Å². The predicted molar refractivity (Wildman–Crippen MR) is 91.3 cm³/mol. The Kier molecular flexibility index (Phi) is 5.12. The van der Waals surface area contributed by atoms with E-state index in [4.69, 9.17) is 4.74 Å². The van der Waals surface area contributed by atoms with E-state index in [0.717, 1.165) is 16.9 Å². The molecule has 2 nitrogen and oxygen atoms in total. The van der Waals surface area contributed by atoms with Crippen LogP contribution in [0.2, 0.25) is 0 Å². The van der Waals surface area contributed by atoms with Crippen molar-refractivity contribution < 1.29 is 4.74 Å². The molecule has 0 aliphatic heterocycles. The molecule has 0 amide bonds. The maximum atomic E-state index is 5.37. The van der Waals surface area contributed by atoms with Gasteiger partial charge in [0, 0.05) is 11.3 Å². The van der Waals surface area contributed by atoms with Crippen molar-refractivity contribution >= 4 is 11.8 Å². The van der Waals surface area contributed by atoms with Gasteiger partial charge in [0.05, 0.1) is 7.11 Å². The minimum atomic E-state index is 0.492. The zero-order valence-corrected chi connectivity index (χ0v) is 14.0. The number of thioether (sulfide) groups is 1. The number of aryl methyl sites for hydroxylation is 1. The summed E-state index contributed by atoms with van der Waals surface area (Å²) >= 11 is 2.21. The van der Waals surface area contributed by atoms with Crippen LogP contribution >= 0.6 is 11.8 Å². The van der Waals surface area contributed by atoms with E-state index in [1.165, 1.54) is 55.4 Å². The Hall–Kier alpha value is -0.670. The van der Waals surface area contributed by atoms with Gasteiger partial charge in [-0.05, 0) is 67.7 Å². The molecular weight excluding hydrogens is 278 g/mol. The molecule has 0 spiro atoms. The lowest BCUT2D eigenvalue weighted by molar-refractivity contribution is 0.412. The summed E-state index contributed by atoms with van der Waals surface area (Å²) in [5.74, 6) is 3.32. The molecule has 2 aliphatic rings. The van der Waals surface area contributed by atoms with Crippen LogP contribution < -0.4 is 10.1 Å². The maximum Gasteiger partial charge on any atom is 0.119 e. The molecule has 0 radical (unpaired) electrons. The van der Waals surface area contributed by atoms with E-state index in [-0.39, 0.29) is 0 Å². The lowest BCUT2D eigenvalue weighted by Gasteiger charge is -2.34. The minimum absolute atomic E-state index is 0.492. The first kappa shape index (κ1) is 15.2. The van der Waals surface area contributed by atoms with Gasteiger partial charge in [-0.1, -0.05) is 18.9 Å². The van der Waals surface area contributed by atoms with Gasteiger partial charge >= 0.3 is 0 Å². The molecule has 0 aromatic heterocycles. The molecule has 3 rings (SSSR count). The van der Waals surface area contributed by atoms with Crippen LogP contribution in [0.4, 0.5) is 0 Å². The number of benzene rings is 1. The third kappa shape index (κ3) is 3.40. The average Bonchev–Trinajstić information content (AvgIpc) is 3.05. The molecule has 1 aromatic carbocycles. The molecule has 0 heterocycles. The van der Waals surface area contributed by atoms with Crippen LogP contribution in [0.3, 0.4) is 0 Å². The lowest BCUT2D eigenvalue weighted by Crippen LogP contribution is -2.32. The normalized spacial score (nSPS) is 25.8. The number of rotatable bonds is 5. The van der Waals surface area contributed by atoms with Crippen molar-refractivity contribution in [3.8, 4) is 5.75 Å². The van der Waals surface area contributed by atoms with Crippen LogP contribution in [0.25, 0.3) is 0 Å². The fraction of sp³-hybridized carbons (Fsp3) is 0.667. The molecule has 0 bridgehead atoms. The Balaban J connectivity index is 1.68. The summed E-state index contributed by atoms with van der Waals surface area (Å²) in [7, 11) is 3.85. The molecule has 1 saturated carbocycles. The Labute approximate surface area is 133 Å². The van der Waals surface area contributed by atoms with Gasteiger partial charge in [-0.15, -0.1) is 0 Å². The van der Waals surface area contributed by atoms with E-state index in [9.17, 15) is 0 Å². The quantitative estimate of drug-likeness (QED) is 0.881. The highest BCUT2D eigenvalue weighted by atomic mass is 32.2. The SMILES string of the molecule is CNC1c2ccc(OC)cc2CCC1SCC1CCCC1. The molecule has 2 unspecified atom stereocenters. The van der Waals surface area contributed by atoms with Crippen LogP contribution in [-0.2, 0) is 6.42 Å². The molecule has 21 heavy (non-hydrogen) atoms. The molecule has 116 valence electrons. The highest BCUT2D eigenvalue weighted by Crippen LogP contribution is 2.40. The zero-order valence-electron chi connectivity index (χ0n) is 13.2. The van der Waals surface area contributed by atoms with Crippen LogP contribution in [0, 0.1) is 5.92 Å². The van der Waals surface area contributed by atoms with Crippen molar-refractivity contribution in [2.75, 3.05) is 19.9 Å². The number of nitrogens with one attached hydrogen (secondary N) is 1. The summed E-state index contributed by atoms with van der Waals surface area (Å²) in [4.78, 5) is 0. The maximum absolute atomic E-state index is 5.37. The Morgan fingerprint density at radius 1 is 1.24 bits per heavy atom. The molecule has 1 aromatic rings. The van der Waals surface area contributed by atoms with Crippen LogP contribution in [0.15, 0.2) is 18.2 Å². The van der Waals surface area contributed by atoms with Gasteiger partial charge in [0.25, 0.3) is 0 Å². The van der Waals surface area contributed by atoms with Crippen LogP contribution in [-0.4, -0.2) is 25.2 Å². The monoisotopic (exact) mass is 305 g/mol. The number of methoxy groups -OCH3 is 1. The van der Waals surface area contributed by atoms with Crippen molar-refractivity contribution in [2.45, 2.75) is 49.8 Å². The van der Waals surface area contributed by atoms with Gasteiger partial charge in [-0.25, -0.2) is 0 Å². The van der Waals surface area contributed by atoms with Gasteiger partial charge in [0.2, 0.25) is 0 Å². The first-order valence-corrected chi connectivity index (χ1v) is 9.32. The molecule has 0 saturated heterocycles. The Morgan fingerprint density at radius 2 is 2.05 bits per heavy atom. The summed E-state index contributed by atoms with van der Waals surface area (Å²) in [6, 6.07) is 7.08. The van der Waals surface area contributed by atoms with Gasteiger partial charge in [-0.3, -0.25) is 0 Å². The van der Waals surface area contributed by atoms with Crippen molar-refractivity contribution in [3.63, 3.8) is 0 Å². The standard InChI is InChI=1S/C18H27NOS/c1-19-18-16-9-8-15(20-2)11-14(16)7-10-17(18)21-12-13-5-3-4-6-13/h8-9,11,13,17-19H,3-7,10,12H2,1-2H3. The molecule has 3 heteroatoms. The van der Waals surface area contributed by atoms with E-state index in [1.807, 2.05) is 0 Å². The van der Waals surface area contributed by atoms with Crippen LogP contribution in [0.5, 0.6) is 5.75 Å². The first-order valence-electron chi connectivity index (χ1n) is 8.27. The van der Waals surface area contributed by atoms with E-state index in [2.05, 4.69) is 42.3 Å². The lowest BCUT2D eigenvalue weighted by atomic mass is 9.87. The van der Waals surface area contributed by atoms with Gasteiger partial charge in [0.1, 0.15) is 5.75 Å². The summed E-state index contributed by atoms with van der Waals surface area (Å²) in [6.07, 6.45) is 8.29. The number of hydrogen-bond acceptors (Lipinski definition) is 3. The van der Waals surface area contributed by atoms with Crippen molar-refractivity contribution in [3.05, 3.63) is 29.3 Å². The number of ether oxygens (including phenoxy) is 1. The third-order valence-corrected chi connectivity index (χ3v) is 6.69. The topological polar surface area (TPSA) is 21.3 Å². The second-order valence-electron chi connectivity index (χ2n) is 6.39. The second-order valence-corrected chi connectivity index (χ2v) is 7.66. The Morgan fingerprint density at radius 3 is 2.76 bits per heavy atom. The number of hydrogen-bond donors (Lipinski definition) is 1. The van der Waals surface area contributed by atoms with E-state index < -0.39 is 0 Å². The predicted octanol–water partition coefficient (Wildman–Crippen LogP) is 4.19. The average molecular weight is 305 g/mol. The summed E-state index contributed by atoms with van der Waals surface area (Å²) in [5, 5.41) is 4.28. The van der Waals surface area contributed by atoms with Crippen molar-refractivity contribution in [2.24, 2.45) is 5.92 Å². The molecule has 2 atom stereocenters. The van der Waals surface area contributed by atoms with Gasteiger partial charge < -0.3 is 10.1 Å². The van der Waals surface area contributed by atoms with Crippen molar-refractivity contribution in [1.82, 2.24) is 5.32 Å². The van der Waals surface area contributed by atoms with E-state index in [1.54, 1.807) is 7.11 Å². The van der Waals surface area contributed by atoms with Crippen molar-refractivity contribution in [1.29, 1.82) is 0 Å². The smallest absolute Gasteiger partial charge is 0.119 e. The zero-order chi connectivity index (χ0) is 14.7. The second kappa shape index (κ2) is 7.06. The first-order chi connectivity index (χ1) is 10.3. The molecule has 2 aliphatic carbocycles. The molecular formula is C18H27NOS. The highest BCUT2D eigenvalue weighted by molar-refractivity contribution is 7.99. The molecule has 1 N–H and O–H groups in total. The number of fused-ring (bicyclic) bond motifs is 1. The van der Waals surface area contributed by atoms with Gasteiger partial charge in [0.15, 0.2) is 0 Å². The summed E-state index contributed by atoms with van der Waals surface area (Å²) < 4.78 is 5.37. The third-order valence-electron chi connectivity index (χ3n) is 5.09.